The maximum atomic E-state index is 14.4. The number of aromatic nitrogens is 3. The predicted octanol–water partition coefficient (Wildman–Crippen LogP) is 5.86. The van der Waals surface area contributed by atoms with Crippen LogP contribution in [-0.4, -0.2) is 52.1 Å². The molecule has 12 heteroatoms. The van der Waals surface area contributed by atoms with E-state index in [4.69, 9.17) is 16.3 Å². The van der Waals surface area contributed by atoms with E-state index in [-0.39, 0.29) is 30.2 Å². The normalized spacial score (nSPS) is 19.8. The molecule has 3 aliphatic rings. The van der Waals surface area contributed by atoms with Gasteiger partial charge in [-0.15, -0.1) is 10.2 Å². The van der Waals surface area contributed by atoms with E-state index in [1.807, 2.05) is 9.47 Å². The van der Waals surface area contributed by atoms with E-state index >= 15 is 0 Å². The number of methoxy groups -OCH3 is 1. The minimum absolute atomic E-state index is 0.00269. The highest BCUT2D eigenvalue weighted by molar-refractivity contribution is 6.30. The van der Waals surface area contributed by atoms with Crippen LogP contribution in [0.5, 0.6) is 5.75 Å². The number of hydrogen-bond acceptors (Lipinski definition) is 5. The van der Waals surface area contributed by atoms with E-state index < -0.39 is 23.9 Å². The van der Waals surface area contributed by atoms with Gasteiger partial charge in [-0.2, -0.15) is 13.2 Å². The van der Waals surface area contributed by atoms with Gasteiger partial charge in [-0.25, -0.2) is 8.78 Å². The van der Waals surface area contributed by atoms with Crippen molar-refractivity contribution in [2.24, 2.45) is 5.41 Å². The molecule has 202 valence electrons. The molecule has 1 unspecified atom stereocenters. The molecule has 38 heavy (non-hydrogen) atoms. The fourth-order valence-corrected chi connectivity index (χ4v) is 6.27. The number of nitrogens with zero attached hydrogens (tertiary/aromatic N) is 5. The van der Waals surface area contributed by atoms with Gasteiger partial charge in [-0.1, -0.05) is 11.6 Å². The van der Waals surface area contributed by atoms with Gasteiger partial charge >= 0.3 is 6.18 Å². The second kappa shape index (κ2) is 8.81. The summed E-state index contributed by atoms with van der Waals surface area (Å²) in [6, 6.07) is 5.76. The largest absolute Gasteiger partial charge is 0.494 e. The number of hydrogen-bond donors (Lipinski definition) is 0. The van der Waals surface area contributed by atoms with Gasteiger partial charge in [0.05, 0.1) is 25.0 Å². The van der Waals surface area contributed by atoms with Crippen LogP contribution in [0.25, 0.3) is 5.69 Å². The molecule has 0 N–H and O–H groups in total. The highest BCUT2D eigenvalue weighted by Gasteiger charge is 2.54. The van der Waals surface area contributed by atoms with Gasteiger partial charge in [0.15, 0.2) is 17.4 Å². The van der Waals surface area contributed by atoms with Crippen molar-refractivity contribution in [2.45, 2.75) is 51.0 Å². The molecule has 1 atom stereocenters. The average molecular weight is 554 g/mol. The first-order chi connectivity index (χ1) is 18.0. The number of fused-ring (bicyclic) bond motifs is 3. The summed E-state index contributed by atoms with van der Waals surface area (Å²) in [7, 11) is 1.34. The summed E-state index contributed by atoms with van der Waals surface area (Å²) in [6.07, 6.45) is -2.82. The zero-order chi connectivity index (χ0) is 27.0. The number of rotatable bonds is 4. The summed E-state index contributed by atoms with van der Waals surface area (Å²) in [6.45, 7) is 2.44. The van der Waals surface area contributed by atoms with E-state index in [1.54, 1.807) is 18.2 Å². The van der Waals surface area contributed by atoms with Crippen LogP contribution in [0, 0.1) is 17.0 Å². The number of ether oxygens (including phenoxy) is 1. The molecule has 1 saturated carbocycles. The zero-order valence-corrected chi connectivity index (χ0v) is 21.5. The molecular weight excluding hydrogens is 529 g/mol. The van der Waals surface area contributed by atoms with Crippen molar-refractivity contribution in [3.05, 3.63) is 64.2 Å². The van der Waals surface area contributed by atoms with E-state index in [2.05, 4.69) is 10.2 Å². The van der Waals surface area contributed by atoms with Gasteiger partial charge in [-0.05, 0) is 43.5 Å². The molecule has 3 heterocycles. The first kappa shape index (κ1) is 25.4. The van der Waals surface area contributed by atoms with Crippen LogP contribution in [0.2, 0.25) is 5.02 Å². The zero-order valence-electron chi connectivity index (χ0n) is 20.7. The van der Waals surface area contributed by atoms with Crippen molar-refractivity contribution >= 4 is 17.3 Å². The summed E-state index contributed by atoms with van der Waals surface area (Å²) in [5, 5.41) is 9.18. The number of benzene rings is 2. The summed E-state index contributed by atoms with van der Waals surface area (Å²) in [5.74, 6) is -0.166. The molecule has 2 fully saturated rings. The van der Waals surface area contributed by atoms with E-state index in [0.29, 0.717) is 41.0 Å². The lowest BCUT2D eigenvalue weighted by molar-refractivity contribution is -0.182. The molecule has 0 bridgehead atoms. The average Bonchev–Trinajstić information content (AvgIpc) is 3.12. The summed E-state index contributed by atoms with van der Waals surface area (Å²) < 4.78 is 75.9. The maximum Gasteiger partial charge on any atom is 0.403 e. The molecule has 0 amide bonds. The molecule has 2 aliphatic heterocycles. The molecular formula is C26H25ClF5N5O. The monoisotopic (exact) mass is 553 g/mol. The summed E-state index contributed by atoms with van der Waals surface area (Å²) in [5.41, 5.74) is 1.68. The quantitative estimate of drug-likeness (QED) is 0.379. The molecule has 6 rings (SSSR count). The second-order valence-electron chi connectivity index (χ2n) is 10.6. The standard InChI is InChI=1S/C26H25ClF5N5O/c1-14(26(30,31)32)35-10-15-5-17(27)3-4-20(15)37-23(11-35)33-34-24(37)16-8-25(9-16)12-36(13-25)21-7-22(38-2)19(29)6-18(21)28/h3-7,14,16H,8-13H2,1-2H3. The lowest BCUT2D eigenvalue weighted by Crippen LogP contribution is -2.62. The number of anilines is 1. The Bertz CT molecular complexity index is 1400. The van der Waals surface area contributed by atoms with E-state index in [0.717, 1.165) is 31.5 Å². The van der Waals surface area contributed by atoms with Crippen LogP contribution in [0.15, 0.2) is 30.3 Å². The Morgan fingerprint density at radius 2 is 1.76 bits per heavy atom. The molecule has 1 spiro atoms. The van der Waals surface area contributed by atoms with Crippen LogP contribution >= 0.6 is 11.6 Å². The Labute approximate surface area is 220 Å². The van der Waals surface area contributed by atoms with Crippen molar-refractivity contribution < 1.29 is 26.7 Å². The van der Waals surface area contributed by atoms with Gasteiger partial charge in [0.2, 0.25) is 0 Å². The van der Waals surface area contributed by atoms with Gasteiger partial charge in [0.25, 0.3) is 0 Å². The van der Waals surface area contributed by atoms with Crippen LogP contribution in [-0.2, 0) is 13.1 Å². The van der Waals surface area contributed by atoms with Gasteiger partial charge in [-0.3, -0.25) is 9.47 Å². The third-order valence-corrected chi connectivity index (χ3v) is 8.35. The van der Waals surface area contributed by atoms with Crippen molar-refractivity contribution in [2.75, 3.05) is 25.1 Å². The van der Waals surface area contributed by atoms with Gasteiger partial charge in [0, 0.05) is 48.1 Å². The van der Waals surface area contributed by atoms with Crippen LogP contribution in [0.4, 0.5) is 27.6 Å². The second-order valence-corrected chi connectivity index (χ2v) is 11.0. The van der Waals surface area contributed by atoms with Crippen molar-refractivity contribution in [3.8, 4) is 11.4 Å². The van der Waals surface area contributed by atoms with Crippen molar-refractivity contribution in [1.82, 2.24) is 19.7 Å². The van der Waals surface area contributed by atoms with Crippen LogP contribution in [0.1, 0.15) is 42.9 Å². The Balaban J connectivity index is 1.24. The lowest BCUT2D eigenvalue weighted by Gasteiger charge is -2.59. The molecule has 2 aromatic carbocycles. The highest BCUT2D eigenvalue weighted by atomic mass is 35.5. The Hall–Kier alpha value is -2.92. The SMILES string of the molecule is COc1cc(N2CC3(CC(c4nnc5n4-c4ccc(Cl)cc4CN(C(C)C(F)(F)F)C5)C3)C2)c(F)cc1F. The van der Waals surface area contributed by atoms with Crippen molar-refractivity contribution in [3.63, 3.8) is 0 Å². The Kier molecular flexibility index (Phi) is 5.88. The smallest absolute Gasteiger partial charge is 0.403 e. The third kappa shape index (κ3) is 4.10. The molecule has 3 aromatic rings. The molecule has 1 aliphatic carbocycles. The highest BCUT2D eigenvalue weighted by Crippen LogP contribution is 2.57. The predicted molar refractivity (Wildman–Crippen MR) is 131 cm³/mol. The first-order valence-electron chi connectivity index (χ1n) is 12.3. The number of alkyl halides is 3. The summed E-state index contributed by atoms with van der Waals surface area (Å²) >= 11 is 6.21. The number of halogens is 6. The minimum Gasteiger partial charge on any atom is -0.494 e. The lowest BCUT2D eigenvalue weighted by atomic mass is 9.57. The minimum atomic E-state index is -4.39. The maximum absolute atomic E-state index is 14.4. The fourth-order valence-electron chi connectivity index (χ4n) is 6.07. The van der Waals surface area contributed by atoms with Crippen molar-refractivity contribution in [1.29, 1.82) is 0 Å². The van der Waals surface area contributed by atoms with E-state index in [9.17, 15) is 22.0 Å². The molecule has 6 nitrogen and oxygen atoms in total. The Morgan fingerprint density at radius 3 is 2.45 bits per heavy atom. The summed E-state index contributed by atoms with van der Waals surface area (Å²) in [4.78, 5) is 3.20. The Morgan fingerprint density at radius 1 is 1.03 bits per heavy atom. The fraction of sp³-hybridized carbons (Fsp3) is 0.462. The van der Waals surface area contributed by atoms with Gasteiger partial charge in [0.1, 0.15) is 17.7 Å². The molecule has 0 radical (unpaired) electrons. The molecule has 1 aromatic heterocycles. The van der Waals surface area contributed by atoms with Gasteiger partial charge < -0.3 is 9.64 Å². The topological polar surface area (TPSA) is 46.4 Å². The van der Waals surface area contributed by atoms with Crippen LogP contribution < -0.4 is 9.64 Å². The third-order valence-electron chi connectivity index (χ3n) is 8.12. The first-order valence-corrected chi connectivity index (χ1v) is 12.7. The van der Waals surface area contributed by atoms with Crippen LogP contribution in [0.3, 0.4) is 0 Å². The van der Waals surface area contributed by atoms with E-state index in [1.165, 1.54) is 18.1 Å². The molecule has 1 saturated heterocycles.